The Hall–Kier alpha value is -2.76. The fourth-order valence-electron chi connectivity index (χ4n) is 3.65. The number of ether oxygens (including phenoxy) is 2. The van der Waals surface area contributed by atoms with E-state index in [4.69, 9.17) is 9.47 Å². The first-order valence-corrected chi connectivity index (χ1v) is 9.39. The number of nitrogens with one attached hydrogen (secondary N) is 1. The molecule has 0 bridgehead atoms. The molecule has 1 fully saturated rings. The minimum Gasteiger partial charge on any atom is -0.493 e. The number of piperidine rings is 1. The molecule has 1 saturated heterocycles. The molecule has 1 unspecified atom stereocenters. The number of aromatic nitrogens is 1. The molecule has 1 atom stereocenters. The van der Waals surface area contributed by atoms with Gasteiger partial charge >= 0.3 is 6.03 Å². The zero-order valence-electron chi connectivity index (χ0n) is 16.0. The van der Waals surface area contributed by atoms with Gasteiger partial charge in [0.1, 0.15) is 0 Å². The topological polar surface area (TPSA) is 63.7 Å². The Labute approximate surface area is 160 Å². The molecule has 1 aromatic carbocycles. The quantitative estimate of drug-likeness (QED) is 0.845. The second-order valence-electron chi connectivity index (χ2n) is 6.63. The number of methoxy groups -OCH3 is 2. The fraction of sp³-hybridized carbons (Fsp3) is 0.429. The summed E-state index contributed by atoms with van der Waals surface area (Å²) in [4.78, 5) is 18.9. The van der Waals surface area contributed by atoms with Gasteiger partial charge in [0.05, 0.1) is 20.3 Å². The predicted molar refractivity (Wildman–Crippen MR) is 104 cm³/mol. The highest BCUT2D eigenvalue weighted by Gasteiger charge is 2.27. The Balaban J connectivity index is 1.62. The fourth-order valence-corrected chi connectivity index (χ4v) is 3.65. The molecule has 3 rings (SSSR count). The van der Waals surface area contributed by atoms with E-state index in [1.807, 2.05) is 41.4 Å². The number of carbonyl (C=O) groups excluding carboxylic acids is 1. The summed E-state index contributed by atoms with van der Waals surface area (Å²) in [6, 6.07) is 9.84. The average molecular weight is 369 g/mol. The molecule has 0 aliphatic carbocycles. The van der Waals surface area contributed by atoms with Crippen LogP contribution in [-0.4, -0.2) is 43.2 Å². The molecule has 2 amide bonds. The zero-order chi connectivity index (χ0) is 19.1. The SMILES string of the molecule is COc1cccc(CCNC(=O)N2CCCCC2c2cccnc2)c1OC. The van der Waals surface area contributed by atoms with Gasteiger partial charge < -0.3 is 19.7 Å². The van der Waals surface area contributed by atoms with Crippen molar-refractivity contribution < 1.29 is 14.3 Å². The van der Waals surface area contributed by atoms with Gasteiger partial charge in [0.15, 0.2) is 11.5 Å². The zero-order valence-corrected chi connectivity index (χ0v) is 16.0. The van der Waals surface area contributed by atoms with Crippen molar-refractivity contribution in [3.63, 3.8) is 0 Å². The highest BCUT2D eigenvalue weighted by molar-refractivity contribution is 5.75. The highest BCUT2D eigenvalue weighted by atomic mass is 16.5. The third kappa shape index (κ3) is 4.51. The van der Waals surface area contributed by atoms with E-state index in [9.17, 15) is 4.79 Å². The molecule has 144 valence electrons. The van der Waals surface area contributed by atoms with Gasteiger partial charge in [-0.1, -0.05) is 18.2 Å². The molecular formula is C21H27N3O3. The number of rotatable bonds is 6. The molecular weight excluding hydrogens is 342 g/mol. The average Bonchev–Trinajstić information content (AvgIpc) is 2.74. The Bertz CT molecular complexity index is 752. The first-order chi connectivity index (χ1) is 13.2. The van der Waals surface area contributed by atoms with Crippen LogP contribution in [0.1, 0.15) is 36.4 Å². The lowest BCUT2D eigenvalue weighted by atomic mass is 9.97. The lowest BCUT2D eigenvalue weighted by Gasteiger charge is -2.35. The van der Waals surface area contributed by atoms with Crippen molar-refractivity contribution in [3.05, 3.63) is 53.9 Å². The van der Waals surface area contributed by atoms with Crippen LogP contribution in [0.4, 0.5) is 4.79 Å². The van der Waals surface area contributed by atoms with Crippen LogP contribution >= 0.6 is 0 Å². The Morgan fingerprint density at radius 3 is 2.85 bits per heavy atom. The largest absolute Gasteiger partial charge is 0.493 e. The first kappa shape index (κ1) is 19.0. The summed E-state index contributed by atoms with van der Waals surface area (Å²) < 4.78 is 10.8. The molecule has 1 aliphatic heterocycles. The number of urea groups is 1. The van der Waals surface area contributed by atoms with Gasteiger partial charge in [0.2, 0.25) is 0 Å². The van der Waals surface area contributed by atoms with Crippen LogP contribution in [0.5, 0.6) is 11.5 Å². The number of pyridine rings is 1. The molecule has 2 heterocycles. The van der Waals surface area contributed by atoms with Crippen molar-refractivity contribution in [1.29, 1.82) is 0 Å². The minimum absolute atomic E-state index is 0.0228. The third-order valence-corrected chi connectivity index (χ3v) is 4.99. The van der Waals surface area contributed by atoms with E-state index in [0.29, 0.717) is 18.7 Å². The molecule has 6 nitrogen and oxygen atoms in total. The normalized spacial score (nSPS) is 16.7. The van der Waals surface area contributed by atoms with Crippen LogP contribution in [-0.2, 0) is 6.42 Å². The van der Waals surface area contributed by atoms with E-state index in [1.165, 1.54) is 0 Å². The van der Waals surface area contributed by atoms with Gasteiger partial charge in [-0.05, 0) is 48.9 Å². The van der Waals surface area contributed by atoms with Gasteiger partial charge in [-0.2, -0.15) is 0 Å². The lowest BCUT2D eigenvalue weighted by Crippen LogP contribution is -2.45. The van der Waals surface area contributed by atoms with Crippen molar-refractivity contribution >= 4 is 6.03 Å². The number of amides is 2. The molecule has 1 N–H and O–H groups in total. The van der Waals surface area contributed by atoms with Gasteiger partial charge in [0.25, 0.3) is 0 Å². The molecule has 0 radical (unpaired) electrons. The summed E-state index contributed by atoms with van der Waals surface area (Å²) in [6.45, 7) is 1.31. The summed E-state index contributed by atoms with van der Waals surface area (Å²) in [5.74, 6) is 1.43. The minimum atomic E-state index is -0.0228. The standard InChI is InChI=1S/C21H27N3O3/c1-26-19-10-5-7-16(20(19)27-2)11-13-23-21(25)24-14-4-3-9-18(24)17-8-6-12-22-15-17/h5-8,10,12,15,18H,3-4,9,11,13-14H2,1-2H3,(H,23,25). The lowest BCUT2D eigenvalue weighted by molar-refractivity contribution is 0.151. The molecule has 27 heavy (non-hydrogen) atoms. The van der Waals surface area contributed by atoms with Crippen LogP contribution in [0, 0.1) is 0 Å². The number of benzene rings is 1. The number of nitrogens with zero attached hydrogens (tertiary/aromatic N) is 2. The van der Waals surface area contributed by atoms with E-state index in [2.05, 4.69) is 10.3 Å². The van der Waals surface area contributed by atoms with E-state index in [0.717, 1.165) is 42.7 Å². The second kappa shape index (κ2) is 9.26. The summed E-state index contributed by atoms with van der Waals surface area (Å²) in [6.07, 6.45) is 7.44. The highest BCUT2D eigenvalue weighted by Crippen LogP contribution is 2.31. The number of para-hydroxylation sites is 1. The Morgan fingerprint density at radius 1 is 1.22 bits per heavy atom. The number of hydrogen-bond acceptors (Lipinski definition) is 4. The molecule has 2 aromatic rings. The predicted octanol–water partition coefficient (Wildman–Crippen LogP) is 3.58. The van der Waals surface area contributed by atoms with Crippen LogP contribution in [0.2, 0.25) is 0 Å². The summed E-state index contributed by atoms with van der Waals surface area (Å²) in [7, 11) is 3.25. The van der Waals surface area contributed by atoms with E-state index >= 15 is 0 Å². The van der Waals surface area contributed by atoms with Crippen LogP contribution in [0.3, 0.4) is 0 Å². The van der Waals surface area contributed by atoms with Gasteiger partial charge in [-0.3, -0.25) is 4.98 Å². The first-order valence-electron chi connectivity index (χ1n) is 9.39. The maximum Gasteiger partial charge on any atom is 0.317 e. The number of likely N-dealkylation sites (tertiary alicyclic amines) is 1. The Kier molecular flexibility index (Phi) is 6.52. The summed E-state index contributed by atoms with van der Waals surface area (Å²) in [5.41, 5.74) is 2.11. The molecule has 0 spiro atoms. The maximum absolute atomic E-state index is 12.8. The molecule has 0 saturated carbocycles. The van der Waals surface area contributed by atoms with E-state index in [1.54, 1.807) is 20.4 Å². The molecule has 1 aromatic heterocycles. The molecule has 1 aliphatic rings. The van der Waals surface area contributed by atoms with Crippen molar-refractivity contribution in [2.45, 2.75) is 31.7 Å². The van der Waals surface area contributed by atoms with E-state index < -0.39 is 0 Å². The third-order valence-electron chi connectivity index (χ3n) is 4.99. The van der Waals surface area contributed by atoms with Crippen molar-refractivity contribution in [2.24, 2.45) is 0 Å². The maximum atomic E-state index is 12.8. The molecule has 6 heteroatoms. The summed E-state index contributed by atoms with van der Waals surface area (Å²) in [5, 5.41) is 3.06. The van der Waals surface area contributed by atoms with Crippen LogP contribution in [0.25, 0.3) is 0 Å². The smallest absolute Gasteiger partial charge is 0.317 e. The van der Waals surface area contributed by atoms with E-state index in [-0.39, 0.29) is 12.1 Å². The van der Waals surface area contributed by atoms with Crippen molar-refractivity contribution in [1.82, 2.24) is 15.2 Å². The van der Waals surface area contributed by atoms with Gasteiger partial charge in [0, 0.05) is 25.5 Å². The monoisotopic (exact) mass is 369 g/mol. The second-order valence-corrected chi connectivity index (χ2v) is 6.63. The number of hydrogen-bond donors (Lipinski definition) is 1. The Morgan fingerprint density at radius 2 is 2.11 bits per heavy atom. The van der Waals surface area contributed by atoms with Crippen molar-refractivity contribution in [2.75, 3.05) is 27.3 Å². The summed E-state index contributed by atoms with van der Waals surface area (Å²) >= 11 is 0. The van der Waals surface area contributed by atoms with Crippen molar-refractivity contribution in [3.8, 4) is 11.5 Å². The van der Waals surface area contributed by atoms with Gasteiger partial charge in [-0.15, -0.1) is 0 Å². The van der Waals surface area contributed by atoms with Gasteiger partial charge in [-0.25, -0.2) is 4.79 Å². The number of carbonyl (C=O) groups is 1. The van der Waals surface area contributed by atoms with Crippen LogP contribution < -0.4 is 14.8 Å². The van der Waals surface area contributed by atoms with Crippen LogP contribution in [0.15, 0.2) is 42.7 Å².